The van der Waals surface area contributed by atoms with Crippen molar-refractivity contribution >= 4 is 17.2 Å². The van der Waals surface area contributed by atoms with Crippen molar-refractivity contribution in [3.63, 3.8) is 0 Å². The van der Waals surface area contributed by atoms with E-state index in [9.17, 15) is 4.79 Å². The van der Waals surface area contributed by atoms with Crippen LogP contribution in [0.1, 0.15) is 30.6 Å². The minimum Gasteiger partial charge on any atom is -0.349 e. The molecule has 112 valence electrons. The van der Waals surface area contributed by atoms with Crippen LogP contribution in [0.25, 0.3) is 0 Å². The monoisotopic (exact) mass is 305 g/mol. The summed E-state index contributed by atoms with van der Waals surface area (Å²) in [5.74, 6) is 1.79. The van der Waals surface area contributed by atoms with Gasteiger partial charge in [-0.15, -0.1) is 10.2 Å². The minimum atomic E-state index is -0.0416. The first-order valence-electron chi connectivity index (χ1n) is 7.11. The first kappa shape index (κ1) is 14.2. The zero-order valence-electron chi connectivity index (χ0n) is 12.1. The predicted molar refractivity (Wildman–Crippen MR) is 80.6 cm³/mol. The molecule has 2 aromatic rings. The van der Waals surface area contributed by atoms with E-state index in [-0.39, 0.29) is 5.91 Å². The Hall–Kier alpha value is -1.73. The molecule has 0 aliphatic carbocycles. The van der Waals surface area contributed by atoms with Gasteiger partial charge >= 0.3 is 0 Å². The summed E-state index contributed by atoms with van der Waals surface area (Å²) >= 11 is 1.73. The van der Waals surface area contributed by atoms with Crippen molar-refractivity contribution in [1.82, 2.24) is 25.0 Å². The Labute approximate surface area is 127 Å². The molecule has 0 saturated carbocycles. The number of carbonyl (C=O) groups excluding carboxylic acids is 1. The SMILES string of the molecule is CC(=O)NCc1nnc2n1CCCN(Cc1ccsc1)C2. The van der Waals surface area contributed by atoms with Crippen LogP contribution in [0.5, 0.6) is 0 Å². The lowest BCUT2D eigenvalue weighted by atomic mass is 10.3. The van der Waals surface area contributed by atoms with Crippen molar-refractivity contribution in [2.45, 2.75) is 39.5 Å². The van der Waals surface area contributed by atoms with E-state index in [1.54, 1.807) is 11.3 Å². The maximum atomic E-state index is 11.0. The second kappa shape index (κ2) is 6.36. The Kier molecular flexibility index (Phi) is 4.31. The lowest BCUT2D eigenvalue weighted by molar-refractivity contribution is -0.119. The van der Waals surface area contributed by atoms with E-state index < -0.39 is 0 Å². The van der Waals surface area contributed by atoms with Gasteiger partial charge in [0.2, 0.25) is 5.91 Å². The quantitative estimate of drug-likeness (QED) is 0.927. The van der Waals surface area contributed by atoms with Crippen molar-refractivity contribution in [1.29, 1.82) is 0 Å². The maximum absolute atomic E-state index is 11.0. The molecule has 1 N–H and O–H groups in total. The summed E-state index contributed by atoms with van der Waals surface area (Å²) in [7, 11) is 0. The molecule has 0 atom stereocenters. The first-order chi connectivity index (χ1) is 10.2. The smallest absolute Gasteiger partial charge is 0.217 e. The van der Waals surface area contributed by atoms with E-state index in [0.717, 1.165) is 44.2 Å². The van der Waals surface area contributed by atoms with Crippen molar-refractivity contribution in [2.75, 3.05) is 6.54 Å². The van der Waals surface area contributed by atoms with Gasteiger partial charge in [-0.2, -0.15) is 11.3 Å². The maximum Gasteiger partial charge on any atom is 0.217 e. The second-order valence-electron chi connectivity index (χ2n) is 5.29. The number of hydrogen-bond acceptors (Lipinski definition) is 5. The fraction of sp³-hybridized carbons (Fsp3) is 0.500. The Balaban J connectivity index is 1.69. The zero-order valence-corrected chi connectivity index (χ0v) is 12.9. The van der Waals surface area contributed by atoms with Crippen LogP contribution < -0.4 is 5.32 Å². The fourth-order valence-electron chi connectivity index (χ4n) is 2.59. The van der Waals surface area contributed by atoms with Gasteiger partial charge < -0.3 is 9.88 Å². The molecule has 1 amide bonds. The summed E-state index contributed by atoms with van der Waals surface area (Å²) in [6.07, 6.45) is 1.07. The number of amides is 1. The van der Waals surface area contributed by atoms with E-state index >= 15 is 0 Å². The van der Waals surface area contributed by atoms with E-state index in [1.807, 2.05) is 0 Å². The van der Waals surface area contributed by atoms with E-state index in [2.05, 4.69) is 41.8 Å². The number of fused-ring (bicyclic) bond motifs is 1. The predicted octanol–water partition coefficient (Wildman–Crippen LogP) is 1.38. The molecule has 3 rings (SSSR count). The third-order valence-corrected chi connectivity index (χ3v) is 4.34. The standard InChI is InChI=1S/C14H19N5OS/c1-11(20)15-7-13-16-17-14-9-18(4-2-5-19(13)14)8-12-3-6-21-10-12/h3,6,10H,2,4-5,7-9H2,1H3,(H,15,20). The highest BCUT2D eigenvalue weighted by Crippen LogP contribution is 2.16. The number of hydrogen-bond donors (Lipinski definition) is 1. The molecular formula is C14H19N5OS. The number of carbonyl (C=O) groups is 1. The molecule has 6 nitrogen and oxygen atoms in total. The van der Waals surface area contributed by atoms with Crippen LogP contribution in [-0.2, 0) is 31.0 Å². The molecule has 2 aromatic heterocycles. The molecule has 0 aromatic carbocycles. The molecule has 3 heterocycles. The average molecular weight is 305 g/mol. The van der Waals surface area contributed by atoms with E-state index in [1.165, 1.54) is 12.5 Å². The van der Waals surface area contributed by atoms with Crippen LogP contribution in [0.4, 0.5) is 0 Å². The third-order valence-electron chi connectivity index (χ3n) is 3.61. The van der Waals surface area contributed by atoms with Crippen molar-refractivity contribution in [3.8, 4) is 0 Å². The summed E-state index contributed by atoms with van der Waals surface area (Å²) in [4.78, 5) is 13.4. The topological polar surface area (TPSA) is 63.1 Å². The van der Waals surface area contributed by atoms with Crippen LogP contribution in [-0.4, -0.2) is 32.1 Å². The summed E-state index contributed by atoms with van der Waals surface area (Å²) < 4.78 is 2.14. The number of thiophene rings is 1. The Morgan fingerprint density at radius 1 is 1.43 bits per heavy atom. The molecule has 0 radical (unpaired) electrons. The molecule has 1 aliphatic rings. The molecule has 0 unspecified atom stereocenters. The third kappa shape index (κ3) is 3.48. The van der Waals surface area contributed by atoms with Crippen molar-refractivity contribution in [3.05, 3.63) is 34.0 Å². The Morgan fingerprint density at radius 2 is 2.33 bits per heavy atom. The number of nitrogens with one attached hydrogen (secondary N) is 1. The summed E-state index contributed by atoms with van der Waals surface area (Å²) in [6, 6.07) is 2.17. The van der Waals surface area contributed by atoms with Gasteiger partial charge in [-0.25, -0.2) is 0 Å². The van der Waals surface area contributed by atoms with Gasteiger partial charge in [-0.1, -0.05) is 0 Å². The summed E-state index contributed by atoms with van der Waals surface area (Å²) in [5.41, 5.74) is 1.35. The molecule has 21 heavy (non-hydrogen) atoms. The minimum absolute atomic E-state index is 0.0416. The lowest BCUT2D eigenvalue weighted by Gasteiger charge is -2.17. The molecule has 0 spiro atoms. The second-order valence-corrected chi connectivity index (χ2v) is 6.07. The van der Waals surface area contributed by atoms with Gasteiger partial charge in [0, 0.05) is 26.6 Å². The molecule has 1 aliphatic heterocycles. The van der Waals surface area contributed by atoms with Crippen molar-refractivity contribution in [2.24, 2.45) is 0 Å². The van der Waals surface area contributed by atoms with E-state index in [0.29, 0.717) is 6.54 Å². The Bertz CT molecular complexity index is 607. The average Bonchev–Trinajstić information content (AvgIpc) is 3.03. The van der Waals surface area contributed by atoms with E-state index in [4.69, 9.17) is 0 Å². The van der Waals surface area contributed by atoms with Crippen LogP contribution in [0.15, 0.2) is 16.8 Å². The van der Waals surface area contributed by atoms with Gasteiger partial charge in [0.1, 0.15) is 5.82 Å². The van der Waals surface area contributed by atoms with Crippen molar-refractivity contribution < 1.29 is 4.79 Å². The molecule has 0 fully saturated rings. The van der Waals surface area contributed by atoms with Gasteiger partial charge in [0.25, 0.3) is 0 Å². The number of rotatable bonds is 4. The highest BCUT2D eigenvalue weighted by molar-refractivity contribution is 7.07. The van der Waals surface area contributed by atoms with Crippen LogP contribution in [0.3, 0.4) is 0 Å². The van der Waals surface area contributed by atoms with Crippen LogP contribution in [0, 0.1) is 0 Å². The largest absolute Gasteiger partial charge is 0.349 e. The van der Waals surface area contributed by atoms with Gasteiger partial charge in [0.15, 0.2) is 5.82 Å². The first-order valence-corrected chi connectivity index (χ1v) is 8.05. The normalized spacial score (nSPS) is 15.5. The Morgan fingerprint density at radius 3 is 3.10 bits per heavy atom. The molecular weight excluding hydrogens is 286 g/mol. The van der Waals surface area contributed by atoms with Crippen LogP contribution >= 0.6 is 11.3 Å². The van der Waals surface area contributed by atoms with Crippen LogP contribution in [0.2, 0.25) is 0 Å². The molecule has 7 heteroatoms. The van der Waals surface area contributed by atoms with Gasteiger partial charge in [0.05, 0.1) is 13.1 Å². The lowest BCUT2D eigenvalue weighted by Crippen LogP contribution is -2.23. The molecule has 0 saturated heterocycles. The highest BCUT2D eigenvalue weighted by atomic mass is 32.1. The molecule has 0 bridgehead atoms. The highest BCUT2D eigenvalue weighted by Gasteiger charge is 2.19. The van der Waals surface area contributed by atoms with Gasteiger partial charge in [-0.3, -0.25) is 9.69 Å². The number of aromatic nitrogens is 3. The van der Waals surface area contributed by atoms with Gasteiger partial charge in [-0.05, 0) is 28.8 Å². The zero-order chi connectivity index (χ0) is 14.7. The summed E-state index contributed by atoms with van der Waals surface area (Å²) in [5, 5.41) is 15.6. The summed E-state index contributed by atoms with van der Waals surface area (Å²) in [6.45, 7) is 5.70. The number of nitrogens with zero attached hydrogens (tertiary/aromatic N) is 4. The fourth-order valence-corrected chi connectivity index (χ4v) is 3.25.